The van der Waals surface area contributed by atoms with Crippen molar-refractivity contribution < 1.29 is 301 Å². The van der Waals surface area contributed by atoms with E-state index in [4.69, 9.17) is 104 Å². The summed E-state index contributed by atoms with van der Waals surface area (Å²) >= 11 is 0. The summed E-state index contributed by atoms with van der Waals surface area (Å²) in [5.41, 5.74) is 0. The molecule has 11 heterocycles. The van der Waals surface area contributed by atoms with Crippen LogP contribution in [0.2, 0.25) is 0 Å². The van der Waals surface area contributed by atoms with Gasteiger partial charge in [-0.05, 0) is 0 Å². The molecule has 11 aliphatic rings. The molecular formula is C83H137N6O61-. The molecule has 866 valence electrons. The SMILES string of the molecule is CC(=O)N[C@H]1[C@H](OC[C@H]2O[C@@H](O[C@H]3[C@H](O)[C@@H](NC(C)=O)[C@H](O[C@H]4[C@@H](O)[C@@H](CO)O[C@@H](O[C@H]5[C@H](O)[C@@H](O)[C@H](OC[C@@H](CO)NC=O)O[C@@H]5CO)[C@@H]4O)O[C@@H]3CO)[C@H](O)[C@@H](O)[C@H]2O)O[C@H](CO)[C@@H](O[C@@H]2O[C@H](CO[C@@H]3O[C@H](CO)[C@@H](O[C@@H]4O[C@H](CO[C@@H]5O[C@H](CO)[C@@H](O[C@@H]6O[C@H](CO)[C@H](O)[C@H](O[C@]7(C(=O)[O-])C[C@H](O)[C@@H](NC(C)=O)[C@H]([C@H](O)[C@H](O)CO)O7)[C@H]6O)[C@H](O)[C@H]5NC(C)=O)[C@H](O)[C@H](O)[C@H]4O)[C@H](O)[C@H]3NC(C)=O)[C@H](O)[C@H](O)[C@H]2O)[C@@H]1O. The zero-order valence-electron chi connectivity index (χ0n) is 80.4. The van der Waals surface area contributed by atoms with Crippen LogP contribution in [0.5, 0.6) is 0 Å². The lowest BCUT2D eigenvalue weighted by Gasteiger charge is -2.52. The summed E-state index contributed by atoms with van der Waals surface area (Å²) in [7, 11) is 0. The van der Waals surface area contributed by atoms with Gasteiger partial charge < -0.3 is 304 Å². The van der Waals surface area contributed by atoms with Crippen molar-refractivity contribution in [3.63, 3.8) is 0 Å². The van der Waals surface area contributed by atoms with Gasteiger partial charge in [0.25, 0.3) is 0 Å². The zero-order chi connectivity index (χ0) is 111. The van der Waals surface area contributed by atoms with Gasteiger partial charge in [0, 0.05) is 41.0 Å². The van der Waals surface area contributed by atoms with Crippen molar-refractivity contribution in [1.29, 1.82) is 0 Å². The Balaban J connectivity index is 0.709. The Bertz CT molecular complexity index is 4230. The minimum absolute atomic E-state index is 0.247. The number of aliphatic carboxylic acids is 1. The van der Waals surface area contributed by atoms with Crippen LogP contribution in [0.4, 0.5) is 0 Å². The van der Waals surface area contributed by atoms with E-state index in [2.05, 4.69) is 31.9 Å². The van der Waals surface area contributed by atoms with Gasteiger partial charge in [-0.1, -0.05) is 0 Å². The van der Waals surface area contributed by atoms with Gasteiger partial charge in [0.1, 0.15) is 268 Å². The Morgan fingerprint density at radius 2 is 0.593 bits per heavy atom. The Hall–Kier alpha value is -5.83. The first-order valence-electron chi connectivity index (χ1n) is 47.5. The number of carboxylic acid groups (broad SMARTS) is 1. The van der Waals surface area contributed by atoms with Gasteiger partial charge in [0.15, 0.2) is 62.9 Å². The van der Waals surface area contributed by atoms with Crippen molar-refractivity contribution in [2.24, 2.45) is 0 Å². The van der Waals surface area contributed by atoms with Crippen LogP contribution in [0.3, 0.4) is 0 Å². The summed E-state index contributed by atoms with van der Waals surface area (Å²) in [5.74, 6) is -10.4. The third-order valence-corrected chi connectivity index (χ3v) is 26.9. The number of carboxylic acids is 1. The van der Waals surface area contributed by atoms with Gasteiger partial charge in [-0.3, -0.25) is 28.8 Å². The summed E-state index contributed by atoms with van der Waals surface area (Å²) in [5, 5.41) is 372. The fourth-order valence-corrected chi connectivity index (χ4v) is 18.9. The van der Waals surface area contributed by atoms with Crippen molar-refractivity contribution in [1.82, 2.24) is 31.9 Å². The molecule has 0 bridgehead atoms. The van der Waals surface area contributed by atoms with Crippen LogP contribution in [-0.4, -0.2) is 635 Å². The number of carbonyl (C=O) groups is 7. The first-order chi connectivity index (χ1) is 70.9. The van der Waals surface area contributed by atoms with Crippen LogP contribution in [-0.2, 0) is 138 Å². The van der Waals surface area contributed by atoms with Gasteiger partial charge in [-0.15, -0.1) is 0 Å². The Kier molecular flexibility index (Phi) is 45.7. The number of carbonyl (C=O) groups excluding carboxylic acids is 7. The molecule has 0 radical (unpaired) electrons. The molecule has 6 amide bonds. The zero-order valence-corrected chi connectivity index (χ0v) is 80.4. The van der Waals surface area contributed by atoms with Gasteiger partial charge in [-0.2, -0.15) is 0 Å². The van der Waals surface area contributed by atoms with Crippen molar-refractivity contribution >= 4 is 41.9 Å². The Morgan fingerprint density at radius 3 is 0.913 bits per heavy atom. The predicted molar refractivity (Wildman–Crippen MR) is 459 cm³/mol. The number of aliphatic hydroxyl groups is 31. The fourth-order valence-electron chi connectivity index (χ4n) is 18.9. The number of ether oxygens (including phenoxy) is 22. The molecular weight excluding hydrogens is 2060 g/mol. The molecule has 0 saturated carbocycles. The number of aliphatic hydroxyl groups excluding tert-OH is 31. The lowest BCUT2D eigenvalue weighted by atomic mass is 9.88. The molecule has 0 aromatic rings. The van der Waals surface area contributed by atoms with Crippen LogP contribution in [0.1, 0.15) is 41.0 Å². The highest BCUT2D eigenvalue weighted by atomic mass is 16.8. The highest BCUT2D eigenvalue weighted by molar-refractivity contribution is 5.76. The first-order valence-corrected chi connectivity index (χ1v) is 47.5. The Morgan fingerprint density at radius 1 is 0.313 bits per heavy atom. The second-order valence-electron chi connectivity index (χ2n) is 37.5. The molecule has 0 aliphatic carbocycles. The molecule has 37 N–H and O–H groups in total. The van der Waals surface area contributed by atoms with E-state index in [9.17, 15) is 197 Å². The van der Waals surface area contributed by atoms with Gasteiger partial charge >= 0.3 is 0 Å². The standard InChI is InChI=1S/C83H138N6O61/c1-21(100)85-39-27(105)6-83(82(127)128,149-69(39)44(107)28(106)8-91)150-71-49(112)30(10-93)134-81(63(71)126)146-66-33(13-96)137-74(42(52(66)115)88-24(4)103)132-18-37-46(109)55(118)59(122)78(141-37)144-64-31(11-94)135-72(40(50(64)113)86-22(2)101)130-17-36-45(108)54(117)58(121)77(140-36)143-65-32(12-95)136-73(41(51(65)114)87-23(3)102)131-19-38-47(110)56(119)60(123)79(142-38)145-67-34(14-97)138-75(43(53(67)116)89-25(5)104)148-70-48(111)29(9-92)133-80(62(70)125)147-68-35(15-98)139-76(61(124)57(68)120)129-16-26(7-90)84-20-99/h20,26-81,90-98,105-126H,6-19H2,1-5H3,(H,84,99)(H,85,100)(H,86,101)(H,87,102)(H,88,103)(H,89,104)(H,127,128)/p-1/t26-,27+,28-,29-,30-,31-,32-,33-,34-,35-,36-,37-,38-,39-,40-,41-,42-,43-,44-,45+,46+,47+,48+,49+,50-,51-,52-,53-,54+,55+,56+,57-,58-,59-,60-,61-,62-,63-,64-,65-,66-,67-,68-,69-,70+,71+,72-,73-,74-,75+,76-,77+,78+,79+,80+,81+,83+/m1/s1. The molecule has 11 aliphatic heterocycles. The number of hydrogen-bond acceptors (Lipinski definition) is 61. The molecule has 11 saturated heterocycles. The molecule has 0 aromatic heterocycles. The highest BCUT2D eigenvalue weighted by Gasteiger charge is 2.64. The number of nitrogens with one attached hydrogen (secondary N) is 6. The van der Waals surface area contributed by atoms with E-state index in [-0.39, 0.29) is 6.41 Å². The normalized spacial score (nSPS) is 46.3. The third kappa shape index (κ3) is 28.3. The van der Waals surface area contributed by atoms with E-state index in [1.807, 2.05) is 0 Å². The molecule has 11 fully saturated rings. The first kappa shape index (κ1) is 124. The van der Waals surface area contributed by atoms with Crippen LogP contribution in [0.15, 0.2) is 0 Å². The third-order valence-electron chi connectivity index (χ3n) is 26.9. The molecule has 67 heteroatoms. The minimum Gasteiger partial charge on any atom is -0.544 e. The largest absolute Gasteiger partial charge is 0.544 e. The van der Waals surface area contributed by atoms with E-state index in [1.165, 1.54) is 0 Å². The van der Waals surface area contributed by atoms with Crippen molar-refractivity contribution in [2.75, 3.05) is 85.9 Å². The molecule has 0 aromatic carbocycles. The van der Waals surface area contributed by atoms with Crippen LogP contribution >= 0.6 is 0 Å². The predicted octanol–water partition coefficient (Wildman–Crippen LogP) is -27.3. The van der Waals surface area contributed by atoms with Crippen LogP contribution in [0, 0.1) is 0 Å². The van der Waals surface area contributed by atoms with Crippen molar-refractivity contribution in [2.45, 2.75) is 390 Å². The lowest BCUT2D eigenvalue weighted by molar-refractivity contribution is -0.411. The maximum atomic E-state index is 13.1. The van der Waals surface area contributed by atoms with Gasteiger partial charge in [0.05, 0.1) is 104 Å². The quantitative estimate of drug-likeness (QED) is 0.0252. The van der Waals surface area contributed by atoms with E-state index in [0.29, 0.717) is 0 Å². The molecule has 67 nitrogen and oxygen atoms in total. The van der Waals surface area contributed by atoms with Crippen LogP contribution < -0.4 is 37.0 Å². The van der Waals surface area contributed by atoms with E-state index >= 15 is 0 Å². The summed E-state index contributed by atoms with van der Waals surface area (Å²) in [4.78, 5) is 87.8. The maximum Gasteiger partial charge on any atom is 0.217 e. The molecule has 57 atom stereocenters. The summed E-state index contributed by atoms with van der Waals surface area (Å²) in [6.07, 6.45) is -106. The molecule has 0 spiro atoms. The minimum atomic E-state index is -3.37. The second kappa shape index (κ2) is 55.1. The van der Waals surface area contributed by atoms with Crippen molar-refractivity contribution in [3.05, 3.63) is 0 Å². The fraction of sp³-hybridized carbons (Fsp3) is 0.916. The highest BCUT2D eigenvalue weighted by Crippen LogP contribution is 2.43. The average Bonchev–Trinajstić information content (AvgIpc) is 0.758. The van der Waals surface area contributed by atoms with E-state index in [1.54, 1.807) is 0 Å². The lowest BCUT2D eigenvalue weighted by Crippen LogP contribution is -2.72. The monoisotopic (exact) mass is 2190 g/mol. The van der Waals surface area contributed by atoms with Crippen LogP contribution in [0.25, 0.3) is 0 Å². The van der Waals surface area contributed by atoms with Gasteiger partial charge in [0.2, 0.25) is 41.7 Å². The van der Waals surface area contributed by atoms with E-state index in [0.717, 1.165) is 34.6 Å². The maximum absolute atomic E-state index is 13.1. The number of hydrogen-bond donors (Lipinski definition) is 37. The summed E-state index contributed by atoms with van der Waals surface area (Å²) in [6, 6.07) is -10.3. The topological polar surface area (TPSA) is 1040 Å². The second-order valence-corrected chi connectivity index (χ2v) is 37.5. The van der Waals surface area contributed by atoms with Gasteiger partial charge in [-0.25, -0.2) is 0 Å². The number of rotatable bonds is 45. The Labute approximate surface area is 848 Å². The average molecular weight is 2190 g/mol. The molecule has 11 rings (SSSR count). The summed E-state index contributed by atoms with van der Waals surface area (Å²) < 4.78 is 128. The smallest absolute Gasteiger partial charge is 0.217 e. The molecule has 150 heavy (non-hydrogen) atoms. The number of amides is 6. The molecule has 0 unspecified atom stereocenters. The summed E-state index contributed by atoms with van der Waals surface area (Å²) in [6.45, 7) is -8.61. The van der Waals surface area contributed by atoms with Crippen molar-refractivity contribution in [3.8, 4) is 0 Å². The van der Waals surface area contributed by atoms with E-state index < -0.39 is 477 Å².